The number of anilines is 1. The highest BCUT2D eigenvalue weighted by Crippen LogP contribution is 2.33. The van der Waals surface area contributed by atoms with Crippen molar-refractivity contribution in [2.45, 2.75) is 38.1 Å². The van der Waals surface area contributed by atoms with Gasteiger partial charge in [-0.05, 0) is 32.9 Å². The minimum atomic E-state index is -1.89. The molecule has 4 heterocycles. The molecule has 0 saturated carbocycles. The number of aromatic nitrogens is 4. The molecule has 2 atom stereocenters. The molecule has 3 aromatic heterocycles. The molecule has 30 heavy (non-hydrogen) atoms. The van der Waals surface area contributed by atoms with Crippen LogP contribution in [0.4, 0.5) is 19.0 Å². The van der Waals surface area contributed by atoms with Crippen molar-refractivity contribution in [1.29, 1.82) is 0 Å². The summed E-state index contributed by atoms with van der Waals surface area (Å²) >= 11 is 0. The lowest BCUT2D eigenvalue weighted by atomic mass is 9.81. The second-order valence-electron chi connectivity index (χ2n) is 8.17. The van der Waals surface area contributed by atoms with Gasteiger partial charge in [-0.25, -0.2) is 23.1 Å². The van der Waals surface area contributed by atoms with E-state index in [1.165, 1.54) is 20.8 Å². The number of nitrogens with one attached hydrogen (secondary N) is 2. The number of hydrogen-bond acceptors (Lipinski definition) is 6. The van der Waals surface area contributed by atoms with E-state index >= 15 is 0 Å². The molecule has 1 aliphatic rings. The number of H-pyrrole nitrogens is 1. The maximum absolute atomic E-state index is 14.7. The highest BCUT2D eigenvalue weighted by atomic mass is 19.1. The van der Waals surface area contributed by atoms with E-state index in [0.29, 0.717) is 29.8 Å². The third kappa shape index (κ3) is 3.39. The monoisotopic (exact) mass is 424 g/mol. The normalized spacial score (nSPS) is 19.8. The number of rotatable bonds is 4. The summed E-state index contributed by atoms with van der Waals surface area (Å²) in [5.74, 6) is -1.75. The number of hydrogen-bond donors (Lipinski definition) is 3. The summed E-state index contributed by atoms with van der Waals surface area (Å²) in [6.45, 7) is 4.82. The predicted molar refractivity (Wildman–Crippen MR) is 111 cm³/mol. The third-order valence-corrected chi connectivity index (χ3v) is 5.83. The second kappa shape index (κ2) is 7.21. The molecule has 0 amide bonds. The molecule has 1 fully saturated rings. The van der Waals surface area contributed by atoms with Crippen LogP contribution in [-0.2, 0) is 0 Å². The van der Waals surface area contributed by atoms with Crippen molar-refractivity contribution in [3.63, 3.8) is 0 Å². The molecule has 0 aromatic carbocycles. The first-order valence-electron chi connectivity index (χ1n) is 9.64. The highest BCUT2D eigenvalue weighted by molar-refractivity contribution is 5.89. The quantitative estimate of drug-likeness (QED) is 0.597. The number of nitrogens with zero attached hydrogens (tertiary/aromatic N) is 4. The van der Waals surface area contributed by atoms with Gasteiger partial charge in [-0.2, -0.15) is 5.10 Å². The number of fused-ring (bicyclic) bond motifs is 1. The van der Waals surface area contributed by atoms with Crippen LogP contribution in [0.3, 0.4) is 0 Å². The van der Waals surface area contributed by atoms with Gasteiger partial charge in [0.05, 0.1) is 11.7 Å². The van der Waals surface area contributed by atoms with E-state index in [0.717, 1.165) is 6.07 Å². The van der Waals surface area contributed by atoms with E-state index in [2.05, 4.69) is 25.5 Å². The topological polar surface area (TPSA) is 90.0 Å². The van der Waals surface area contributed by atoms with Gasteiger partial charge in [0.25, 0.3) is 0 Å². The summed E-state index contributed by atoms with van der Waals surface area (Å²) in [7, 11) is 0. The van der Waals surface area contributed by atoms with E-state index in [1.54, 1.807) is 23.2 Å². The van der Waals surface area contributed by atoms with Crippen molar-refractivity contribution in [3.8, 4) is 11.4 Å². The zero-order chi connectivity index (χ0) is 21.7. The zero-order valence-electron chi connectivity index (χ0n) is 16.9. The Hall–Kier alpha value is -2.72. The van der Waals surface area contributed by atoms with Gasteiger partial charge in [0, 0.05) is 40.1 Å². The van der Waals surface area contributed by atoms with Gasteiger partial charge in [-0.3, -0.25) is 5.10 Å². The van der Waals surface area contributed by atoms with Gasteiger partial charge in [0.1, 0.15) is 17.0 Å². The smallest absolute Gasteiger partial charge is 0.181 e. The molecule has 10 heteroatoms. The highest BCUT2D eigenvalue weighted by Gasteiger charge is 2.47. The number of alkyl halides is 1. The summed E-state index contributed by atoms with van der Waals surface area (Å²) in [6, 6.07) is 3.49. The van der Waals surface area contributed by atoms with Crippen molar-refractivity contribution >= 4 is 16.9 Å². The SMILES string of the molecule is CC(C)(F)C(C)(O)C1CN(c2nc(-c3[nH]nc4ncccc34)c(F)cc2F)CCN1.[HH].[HH]. The van der Waals surface area contributed by atoms with E-state index in [1.807, 2.05) is 0 Å². The Morgan fingerprint density at radius 1 is 1.27 bits per heavy atom. The van der Waals surface area contributed by atoms with Gasteiger partial charge >= 0.3 is 0 Å². The maximum atomic E-state index is 14.7. The van der Waals surface area contributed by atoms with E-state index in [4.69, 9.17) is 0 Å². The zero-order valence-corrected chi connectivity index (χ0v) is 16.9. The van der Waals surface area contributed by atoms with E-state index in [-0.39, 0.29) is 20.9 Å². The molecule has 0 aliphatic carbocycles. The summed E-state index contributed by atoms with van der Waals surface area (Å²) in [4.78, 5) is 9.92. The van der Waals surface area contributed by atoms with E-state index in [9.17, 15) is 18.3 Å². The van der Waals surface area contributed by atoms with Gasteiger partial charge < -0.3 is 15.3 Å². The number of aliphatic hydroxyl groups is 1. The molecule has 164 valence electrons. The molecule has 1 saturated heterocycles. The molecule has 0 spiro atoms. The molecule has 4 rings (SSSR count). The van der Waals surface area contributed by atoms with Crippen LogP contribution in [0.2, 0.25) is 0 Å². The average molecular weight is 424 g/mol. The largest absolute Gasteiger partial charge is 0.385 e. The van der Waals surface area contributed by atoms with Crippen molar-refractivity contribution in [3.05, 3.63) is 36.0 Å². The molecular formula is C20H27F3N6O. The minimum Gasteiger partial charge on any atom is -0.385 e. The first-order valence-corrected chi connectivity index (χ1v) is 9.64. The van der Waals surface area contributed by atoms with Crippen molar-refractivity contribution in [1.82, 2.24) is 25.5 Å². The number of aromatic amines is 1. The van der Waals surface area contributed by atoms with Crippen LogP contribution in [0.15, 0.2) is 24.4 Å². The Bertz CT molecular complexity index is 1090. The average Bonchev–Trinajstić information content (AvgIpc) is 3.11. The fourth-order valence-corrected chi connectivity index (χ4v) is 3.62. The van der Waals surface area contributed by atoms with Crippen molar-refractivity contribution < 1.29 is 21.1 Å². The first-order chi connectivity index (χ1) is 14.1. The lowest BCUT2D eigenvalue weighted by Crippen LogP contribution is -2.66. The molecule has 7 nitrogen and oxygen atoms in total. The Labute approximate surface area is 174 Å². The maximum Gasteiger partial charge on any atom is 0.181 e. The summed E-state index contributed by atoms with van der Waals surface area (Å²) < 4.78 is 43.9. The standard InChI is InChI=1S/C20H23F3N6O.2H2/c1-19(2,23)20(3,30)14-10-29(8-7-24-14)18-13(22)9-12(21)16(26-18)15-11-5-4-6-25-17(11)28-27-15;;/h4-6,9,14,24,30H,7-8,10H2,1-3H3,(H,25,27,28);2*1H. The lowest BCUT2D eigenvalue weighted by Gasteiger charge is -2.45. The Morgan fingerprint density at radius 3 is 2.77 bits per heavy atom. The minimum absolute atomic E-state index is 0. The van der Waals surface area contributed by atoms with Crippen LogP contribution < -0.4 is 10.2 Å². The Morgan fingerprint density at radius 2 is 2.03 bits per heavy atom. The molecule has 0 radical (unpaired) electrons. The fraction of sp³-hybridized carbons (Fsp3) is 0.450. The van der Waals surface area contributed by atoms with Crippen molar-refractivity contribution in [2.75, 3.05) is 24.5 Å². The Kier molecular flexibility index (Phi) is 4.94. The fourth-order valence-electron chi connectivity index (χ4n) is 3.62. The molecule has 0 bridgehead atoms. The number of halogens is 3. The van der Waals surface area contributed by atoms with Crippen molar-refractivity contribution in [2.24, 2.45) is 0 Å². The van der Waals surface area contributed by atoms with Crippen LogP contribution in [0.25, 0.3) is 22.4 Å². The Balaban J connectivity index is 0.00000181. The second-order valence-corrected chi connectivity index (χ2v) is 8.17. The molecule has 3 aromatic rings. The first kappa shape index (κ1) is 20.5. The predicted octanol–water partition coefficient (Wildman–Crippen LogP) is 3.07. The summed E-state index contributed by atoms with van der Waals surface area (Å²) in [5.41, 5.74) is -3.01. The summed E-state index contributed by atoms with van der Waals surface area (Å²) in [5, 5.41) is 21.1. The lowest BCUT2D eigenvalue weighted by molar-refractivity contribution is -0.0955. The van der Waals surface area contributed by atoms with Crippen LogP contribution in [-0.4, -0.2) is 62.2 Å². The molecule has 3 N–H and O–H groups in total. The molecular weight excluding hydrogens is 397 g/mol. The number of piperazine rings is 1. The van der Waals surface area contributed by atoms with Crippen LogP contribution in [0.5, 0.6) is 0 Å². The number of pyridine rings is 2. The molecule has 2 unspecified atom stereocenters. The van der Waals surface area contributed by atoms with Crippen LogP contribution in [0.1, 0.15) is 23.6 Å². The van der Waals surface area contributed by atoms with Gasteiger partial charge in [0.15, 0.2) is 23.1 Å². The van der Waals surface area contributed by atoms with Crippen LogP contribution >= 0.6 is 0 Å². The van der Waals surface area contributed by atoms with Gasteiger partial charge in [0.2, 0.25) is 0 Å². The van der Waals surface area contributed by atoms with E-state index < -0.39 is 28.9 Å². The van der Waals surface area contributed by atoms with Crippen LogP contribution in [0, 0.1) is 11.6 Å². The van der Waals surface area contributed by atoms with Gasteiger partial charge in [-0.1, -0.05) is 0 Å². The molecule has 1 aliphatic heterocycles. The van der Waals surface area contributed by atoms with Gasteiger partial charge in [-0.15, -0.1) is 0 Å². The third-order valence-electron chi connectivity index (χ3n) is 5.83. The summed E-state index contributed by atoms with van der Waals surface area (Å²) in [6.07, 6.45) is 1.56.